The molecule has 238 valence electrons. The molecule has 1 aliphatic heterocycles. The summed E-state index contributed by atoms with van der Waals surface area (Å²) < 4.78 is 0. The van der Waals surface area contributed by atoms with E-state index >= 15 is 0 Å². The molecule has 10 aromatic rings. The largest absolute Gasteiger partial charge is 0.113 e. The molecule has 1 heterocycles. The molecule has 0 aliphatic carbocycles. The quantitative estimate of drug-likeness (QED) is 0.0982. The molecule has 11 rings (SSSR count). The Morgan fingerprint density at radius 3 is 1.47 bits per heavy atom. The van der Waals surface area contributed by atoms with Gasteiger partial charge >= 0.3 is 0 Å². The smallest absolute Gasteiger partial charge is 0.0623 e. The highest BCUT2D eigenvalue weighted by atomic mass is 28.3. The van der Waals surface area contributed by atoms with Gasteiger partial charge in [-0.25, -0.2) is 0 Å². The fourth-order valence-corrected chi connectivity index (χ4v) is 12.5. The van der Waals surface area contributed by atoms with E-state index in [-0.39, 0.29) is 0 Å². The van der Waals surface area contributed by atoms with Crippen molar-refractivity contribution in [3.63, 3.8) is 0 Å². The van der Waals surface area contributed by atoms with Crippen molar-refractivity contribution in [3.8, 4) is 33.4 Å². The van der Waals surface area contributed by atoms with Gasteiger partial charge in [-0.1, -0.05) is 165 Å². The van der Waals surface area contributed by atoms with Crippen LogP contribution in [-0.4, -0.2) is 8.07 Å². The molecule has 1 aliphatic rings. The van der Waals surface area contributed by atoms with Crippen molar-refractivity contribution in [2.45, 2.75) is 13.1 Å². The number of hydrogen-bond donors (Lipinski definition) is 0. The van der Waals surface area contributed by atoms with Gasteiger partial charge in [-0.2, -0.15) is 0 Å². The van der Waals surface area contributed by atoms with E-state index in [4.69, 9.17) is 0 Å². The summed E-state index contributed by atoms with van der Waals surface area (Å²) >= 11 is 0. The van der Waals surface area contributed by atoms with Crippen molar-refractivity contribution in [2.24, 2.45) is 0 Å². The van der Waals surface area contributed by atoms with Crippen LogP contribution in [0.15, 0.2) is 170 Å². The second kappa shape index (κ2) is 10.5. The van der Waals surface area contributed by atoms with Crippen LogP contribution in [0.1, 0.15) is 0 Å². The molecule has 0 spiro atoms. The molecule has 0 amide bonds. The molecule has 0 radical (unpaired) electrons. The Kier molecular flexibility index (Phi) is 5.92. The van der Waals surface area contributed by atoms with Crippen LogP contribution in [0.4, 0.5) is 0 Å². The molecule has 0 fully saturated rings. The van der Waals surface area contributed by atoms with E-state index in [1.165, 1.54) is 108 Å². The SMILES string of the molecule is C[Si]1(C)c2ccccc2-c2cc3c(-c4ccc5c6ccccc6c6ccccc6c5c4)c4ccccc4c(-c4ccc5ccccc5c4)c3cc21. The van der Waals surface area contributed by atoms with E-state index in [1.807, 2.05) is 0 Å². The zero-order valence-corrected chi connectivity index (χ0v) is 29.7. The van der Waals surface area contributed by atoms with Crippen molar-refractivity contribution in [2.75, 3.05) is 0 Å². The van der Waals surface area contributed by atoms with Gasteiger partial charge in [-0.15, -0.1) is 0 Å². The number of benzene rings is 10. The molecular weight excluding hydrogens is 629 g/mol. The van der Waals surface area contributed by atoms with Gasteiger partial charge in [0.1, 0.15) is 8.07 Å². The summed E-state index contributed by atoms with van der Waals surface area (Å²) in [5.41, 5.74) is 8.00. The zero-order valence-electron chi connectivity index (χ0n) is 28.7. The summed E-state index contributed by atoms with van der Waals surface area (Å²) in [5.74, 6) is 0. The van der Waals surface area contributed by atoms with Crippen LogP contribution in [0.2, 0.25) is 13.1 Å². The van der Waals surface area contributed by atoms with E-state index in [1.54, 1.807) is 0 Å². The van der Waals surface area contributed by atoms with E-state index in [0.29, 0.717) is 0 Å². The highest BCUT2D eigenvalue weighted by molar-refractivity contribution is 7.04. The highest BCUT2D eigenvalue weighted by Crippen LogP contribution is 2.47. The summed E-state index contributed by atoms with van der Waals surface area (Å²) in [4.78, 5) is 0. The lowest BCUT2D eigenvalue weighted by Gasteiger charge is -2.22. The molecular formula is C50H34Si. The van der Waals surface area contributed by atoms with Gasteiger partial charge in [-0.05, 0) is 127 Å². The first kappa shape index (κ1) is 28.8. The van der Waals surface area contributed by atoms with Gasteiger partial charge in [0.25, 0.3) is 0 Å². The van der Waals surface area contributed by atoms with Gasteiger partial charge < -0.3 is 0 Å². The van der Waals surface area contributed by atoms with Gasteiger partial charge in [0.15, 0.2) is 0 Å². The molecule has 0 unspecified atom stereocenters. The third kappa shape index (κ3) is 4.01. The van der Waals surface area contributed by atoms with Crippen LogP contribution in [0, 0.1) is 0 Å². The van der Waals surface area contributed by atoms with Crippen LogP contribution in [0.3, 0.4) is 0 Å². The standard InChI is InChI=1S/C50H34Si/c1-51(2)47-22-12-11-19-40(47)44-29-45-46(30-48(44)51)49(33-24-23-31-13-3-4-14-32(31)27-33)41-20-9-10-21-42(41)50(45)34-25-26-39-37-17-6-5-15-35(37)36-16-7-8-18-38(36)43(39)28-34/h3-30H,1-2H3. The minimum atomic E-state index is -1.92. The summed E-state index contributed by atoms with van der Waals surface area (Å²) in [6, 6.07) is 64.2. The van der Waals surface area contributed by atoms with Crippen LogP contribution in [-0.2, 0) is 0 Å². The molecule has 0 saturated carbocycles. The average molecular weight is 663 g/mol. The van der Waals surface area contributed by atoms with E-state index in [9.17, 15) is 0 Å². The van der Waals surface area contributed by atoms with E-state index in [2.05, 4.69) is 183 Å². The maximum absolute atomic E-state index is 2.60. The summed E-state index contributed by atoms with van der Waals surface area (Å²) in [7, 11) is -1.92. The van der Waals surface area contributed by atoms with Crippen molar-refractivity contribution in [3.05, 3.63) is 170 Å². The van der Waals surface area contributed by atoms with Gasteiger partial charge in [0, 0.05) is 0 Å². The Labute approximate surface area is 298 Å². The fraction of sp³-hybridized carbons (Fsp3) is 0.0400. The Morgan fingerprint density at radius 2 is 0.784 bits per heavy atom. The molecule has 51 heavy (non-hydrogen) atoms. The number of rotatable bonds is 2. The molecule has 10 aromatic carbocycles. The predicted octanol–water partition coefficient (Wildman–Crippen LogP) is 12.7. The Morgan fingerprint density at radius 1 is 0.294 bits per heavy atom. The molecule has 0 atom stereocenters. The molecule has 0 nitrogen and oxygen atoms in total. The minimum Gasteiger partial charge on any atom is -0.0623 e. The van der Waals surface area contributed by atoms with Crippen molar-refractivity contribution < 1.29 is 0 Å². The maximum atomic E-state index is 2.60. The maximum Gasteiger partial charge on any atom is 0.113 e. The van der Waals surface area contributed by atoms with Gasteiger partial charge in [0.2, 0.25) is 0 Å². The van der Waals surface area contributed by atoms with Crippen molar-refractivity contribution >= 4 is 83.1 Å². The second-order valence-corrected chi connectivity index (χ2v) is 19.2. The topological polar surface area (TPSA) is 0 Å². The average Bonchev–Trinajstić information content (AvgIpc) is 3.41. The number of hydrogen-bond acceptors (Lipinski definition) is 0. The van der Waals surface area contributed by atoms with Gasteiger partial charge in [-0.3, -0.25) is 0 Å². The molecule has 0 bridgehead atoms. The van der Waals surface area contributed by atoms with Crippen LogP contribution >= 0.6 is 0 Å². The van der Waals surface area contributed by atoms with E-state index < -0.39 is 8.07 Å². The Hall–Kier alpha value is -6.02. The van der Waals surface area contributed by atoms with Crippen LogP contribution in [0.25, 0.3) is 98.0 Å². The fourth-order valence-electron chi connectivity index (χ4n) is 9.40. The summed E-state index contributed by atoms with van der Waals surface area (Å²) in [6.07, 6.45) is 0. The first-order valence-electron chi connectivity index (χ1n) is 18.0. The van der Waals surface area contributed by atoms with Crippen LogP contribution in [0.5, 0.6) is 0 Å². The molecule has 0 saturated heterocycles. The molecule has 1 heteroatoms. The minimum absolute atomic E-state index is 1.26. The predicted molar refractivity (Wildman–Crippen MR) is 225 cm³/mol. The second-order valence-electron chi connectivity index (χ2n) is 14.8. The lowest BCUT2D eigenvalue weighted by molar-refractivity contribution is 1.68. The number of fused-ring (bicyclic) bond motifs is 12. The monoisotopic (exact) mass is 662 g/mol. The third-order valence-corrected chi connectivity index (χ3v) is 15.3. The molecule has 0 N–H and O–H groups in total. The first-order valence-corrected chi connectivity index (χ1v) is 21.0. The Balaban J connectivity index is 1.31. The molecule has 0 aromatic heterocycles. The van der Waals surface area contributed by atoms with Crippen molar-refractivity contribution in [1.29, 1.82) is 0 Å². The third-order valence-electron chi connectivity index (χ3n) is 11.8. The highest BCUT2D eigenvalue weighted by Gasteiger charge is 2.38. The zero-order chi connectivity index (χ0) is 33.8. The summed E-state index contributed by atoms with van der Waals surface area (Å²) in [5, 5.41) is 18.7. The van der Waals surface area contributed by atoms with Gasteiger partial charge in [0.05, 0.1) is 0 Å². The van der Waals surface area contributed by atoms with E-state index in [0.717, 1.165) is 0 Å². The van der Waals surface area contributed by atoms with Crippen LogP contribution < -0.4 is 10.4 Å². The normalized spacial score (nSPS) is 13.5. The Bertz CT molecular complexity index is 3070. The summed E-state index contributed by atoms with van der Waals surface area (Å²) in [6.45, 7) is 5.06. The lowest BCUT2D eigenvalue weighted by Crippen LogP contribution is -2.49. The van der Waals surface area contributed by atoms with Crippen molar-refractivity contribution in [1.82, 2.24) is 0 Å². The first-order chi connectivity index (χ1) is 25.1. The lowest BCUT2D eigenvalue weighted by atomic mass is 9.83.